The van der Waals surface area contributed by atoms with Gasteiger partial charge >= 0.3 is 0 Å². The van der Waals surface area contributed by atoms with Gasteiger partial charge in [-0.2, -0.15) is 5.26 Å². The molecule has 0 fully saturated rings. The summed E-state index contributed by atoms with van der Waals surface area (Å²) in [7, 11) is 0. The Morgan fingerprint density at radius 1 is 0.846 bits per heavy atom. The highest BCUT2D eigenvalue weighted by Crippen LogP contribution is 2.36. The summed E-state index contributed by atoms with van der Waals surface area (Å²) in [6, 6.07) is 2.23. The summed E-state index contributed by atoms with van der Waals surface area (Å²) in [6.45, 7) is 13.4. The maximum absolute atomic E-state index is 9.36. The molecule has 0 saturated carbocycles. The molecule has 0 aromatic carbocycles. The molecule has 0 aliphatic heterocycles. The van der Waals surface area contributed by atoms with Gasteiger partial charge in [-0.05, 0) is 28.6 Å². The van der Waals surface area contributed by atoms with Crippen LogP contribution in [0.5, 0.6) is 0 Å². The van der Waals surface area contributed by atoms with Gasteiger partial charge in [0.1, 0.15) is 0 Å². The maximum Gasteiger partial charge on any atom is 0.0918 e. The molecular formula is C25H31N. The average molecular weight is 346 g/mol. The van der Waals surface area contributed by atoms with Crippen molar-refractivity contribution in [2.24, 2.45) is 22.7 Å². The first-order valence-corrected chi connectivity index (χ1v) is 9.50. The molecule has 2 unspecified atom stereocenters. The van der Waals surface area contributed by atoms with Crippen molar-refractivity contribution in [3.05, 3.63) is 83.6 Å². The molecular weight excluding hydrogens is 314 g/mol. The van der Waals surface area contributed by atoms with E-state index in [0.29, 0.717) is 11.8 Å². The number of allylic oxidation sites excluding steroid dienone is 14. The molecule has 0 amide bonds. The molecule has 0 radical (unpaired) electrons. The molecule has 0 bridgehead atoms. The van der Waals surface area contributed by atoms with E-state index in [9.17, 15) is 5.26 Å². The third-order valence-electron chi connectivity index (χ3n) is 6.03. The fourth-order valence-corrected chi connectivity index (χ4v) is 3.01. The van der Waals surface area contributed by atoms with E-state index in [1.54, 1.807) is 6.08 Å². The SMILES string of the molecule is CC(C)C1(C)C=CC=C(C(=CC#N)C2=CC=CC(C)(C(C)C)C=C2)C=C1. The molecule has 2 aliphatic rings. The van der Waals surface area contributed by atoms with E-state index < -0.39 is 0 Å². The summed E-state index contributed by atoms with van der Waals surface area (Å²) in [6.07, 6.45) is 23.4. The number of hydrogen-bond acceptors (Lipinski definition) is 1. The van der Waals surface area contributed by atoms with Gasteiger partial charge in [0, 0.05) is 16.9 Å². The van der Waals surface area contributed by atoms with Crippen LogP contribution in [0.4, 0.5) is 0 Å². The minimum absolute atomic E-state index is 0.0276. The maximum atomic E-state index is 9.36. The quantitative estimate of drug-likeness (QED) is 0.510. The Bertz CT molecular complexity index is 729. The second-order valence-electron chi connectivity index (χ2n) is 8.36. The average Bonchev–Trinajstić information content (AvgIpc) is 2.90. The molecule has 136 valence electrons. The van der Waals surface area contributed by atoms with Gasteiger partial charge in [-0.15, -0.1) is 0 Å². The van der Waals surface area contributed by atoms with Gasteiger partial charge in [-0.3, -0.25) is 0 Å². The Hall–Kier alpha value is -2.33. The lowest BCUT2D eigenvalue weighted by atomic mass is 9.78. The van der Waals surface area contributed by atoms with Crippen LogP contribution in [0.2, 0.25) is 0 Å². The zero-order chi connectivity index (χ0) is 19.4. The smallest absolute Gasteiger partial charge is 0.0918 e. The lowest BCUT2D eigenvalue weighted by molar-refractivity contribution is 0.383. The van der Waals surface area contributed by atoms with Crippen molar-refractivity contribution in [2.75, 3.05) is 0 Å². The summed E-state index contributed by atoms with van der Waals surface area (Å²) in [5.74, 6) is 1.02. The number of nitrogens with zero attached hydrogens (tertiary/aromatic N) is 1. The minimum atomic E-state index is 0.0276. The Morgan fingerprint density at radius 3 is 1.62 bits per heavy atom. The normalized spacial score (nSPS) is 27.7. The van der Waals surface area contributed by atoms with Crippen molar-refractivity contribution in [1.82, 2.24) is 0 Å². The van der Waals surface area contributed by atoms with E-state index in [1.807, 2.05) is 0 Å². The van der Waals surface area contributed by atoms with Crippen molar-refractivity contribution < 1.29 is 0 Å². The third-order valence-corrected chi connectivity index (χ3v) is 6.03. The van der Waals surface area contributed by atoms with Crippen molar-refractivity contribution >= 4 is 0 Å². The summed E-state index contributed by atoms with van der Waals surface area (Å²) < 4.78 is 0. The second kappa shape index (κ2) is 7.92. The van der Waals surface area contributed by atoms with Crippen LogP contribution in [0.3, 0.4) is 0 Å². The van der Waals surface area contributed by atoms with Crippen LogP contribution in [-0.4, -0.2) is 0 Å². The Kier molecular flexibility index (Phi) is 6.09. The van der Waals surface area contributed by atoms with Gasteiger partial charge in [0.15, 0.2) is 0 Å². The van der Waals surface area contributed by atoms with Crippen molar-refractivity contribution in [1.29, 1.82) is 5.26 Å². The molecule has 1 nitrogen and oxygen atoms in total. The molecule has 0 spiro atoms. The van der Waals surface area contributed by atoms with Crippen LogP contribution in [0.25, 0.3) is 0 Å². The standard InChI is InChI=1S/C25H31N/c1-19(2)24(5)14-7-9-21(11-16-24)23(13-18-26)22-10-8-15-25(6,17-12-22)20(3)4/h7-17,19-20H,1-6H3. The lowest BCUT2D eigenvalue weighted by Gasteiger charge is -2.26. The van der Waals surface area contributed by atoms with E-state index in [1.165, 1.54) is 0 Å². The zero-order valence-corrected chi connectivity index (χ0v) is 17.0. The van der Waals surface area contributed by atoms with Gasteiger partial charge in [0.05, 0.1) is 6.07 Å². The molecule has 26 heavy (non-hydrogen) atoms. The summed E-state index contributed by atoms with van der Waals surface area (Å²) in [5.41, 5.74) is 3.17. The monoisotopic (exact) mass is 345 g/mol. The van der Waals surface area contributed by atoms with Crippen LogP contribution in [0.15, 0.2) is 83.6 Å². The topological polar surface area (TPSA) is 23.8 Å². The van der Waals surface area contributed by atoms with Gasteiger partial charge in [0.2, 0.25) is 0 Å². The first-order valence-electron chi connectivity index (χ1n) is 9.50. The van der Waals surface area contributed by atoms with E-state index in [0.717, 1.165) is 16.7 Å². The fourth-order valence-electron chi connectivity index (χ4n) is 3.01. The number of rotatable bonds is 4. The first kappa shape index (κ1) is 20.0. The minimum Gasteiger partial charge on any atom is -0.193 e. The summed E-state index contributed by atoms with van der Waals surface area (Å²) >= 11 is 0. The second-order valence-corrected chi connectivity index (χ2v) is 8.36. The Morgan fingerprint density at radius 2 is 1.27 bits per heavy atom. The Labute approximate surface area is 159 Å². The van der Waals surface area contributed by atoms with Crippen LogP contribution in [-0.2, 0) is 0 Å². The largest absolute Gasteiger partial charge is 0.193 e. The van der Waals surface area contributed by atoms with Crippen LogP contribution in [0, 0.1) is 34.0 Å². The molecule has 0 aromatic rings. The van der Waals surface area contributed by atoms with Crippen LogP contribution >= 0.6 is 0 Å². The molecule has 2 aliphatic carbocycles. The molecule has 2 atom stereocenters. The summed E-state index contributed by atoms with van der Waals surface area (Å²) in [4.78, 5) is 0. The van der Waals surface area contributed by atoms with Crippen molar-refractivity contribution in [2.45, 2.75) is 41.5 Å². The van der Waals surface area contributed by atoms with Gasteiger partial charge in [-0.25, -0.2) is 0 Å². The number of hydrogen-bond donors (Lipinski definition) is 0. The third kappa shape index (κ3) is 4.25. The molecule has 2 rings (SSSR count). The molecule has 0 N–H and O–H groups in total. The molecule has 1 heteroatoms. The molecule has 0 saturated heterocycles. The van der Waals surface area contributed by atoms with Gasteiger partial charge in [0.25, 0.3) is 0 Å². The van der Waals surface area contributed by atoms with Crippen LogP contribution < -0.4 is 0 Å². The highest BCUT2D eigenvalue weighted by Gasteiger charge is 2.25. The zero-order valence-electron chi connectivity index (χ0n) is 17.0. The van der Waals surface area contributed by atoms with E-state index in [2.05, 4.69) is 108 Å². The highest BCUT2D eigenvalue weighted by molar-refractivity contribution is 5.60. The predicted molar refractivity (Wildman–Crippen MR) is 112 cm³/mol. The highest BCUT2D eigenvalue weighted by atomic mass is 14.3. The van der Waals surface area contributed by atoms with Gasteiger partial charge < -0.3 is 0 Å². The van der Waals surface area contributed by atoms with Gasteiger partial charge in [-0.1, -0.05) is 102 Å². The molecule has 0 heterocycles. The molecule has 0 aromatic heterocycles. The predicted octanol–water partition coefficient (Wildman–Crippen LogP) is 6.87. The van der Waals surface area contributed by atoms with E-state index in [-0.39, 0.29) is 10.8 Å². The fraction of sp³-hybridized carbons (Fsp3) is 0.400. The lowest BCUT2D eigenvalue weighted by Crippen LogP contribution is -2.17. The Balaban J connectivity index is 2.41. The van der Waals surface area contributed by atoms with Crippen molar-refractivity contribution in [3.8, 4) is 6.07 Å². The van der Waals surface area contributed by atoms with Crippen molar-refractivity contribution in [3.63, 3.8) is 0 Å². The summed E-state index contributed by atoms with van der Waals surface area (Å²) in [5, 5.41) is 9.36. The first-order chi connectivity index (χ1) is 12.2. The van der Waals surface area contributed by atoms with Crippen LogP contribution in [0.1, 0.15) is 41.5 Å². The number of nitriles is 1. The van der Waals surface area contributed by atoms with E-state index in [4.69, 9.17) is 0 Å². The van der Waals surface area contributed by atoms with E-state index >= 15 is 0 Å².